The third-order valence-electron chi connectivity index (χ3n) is 1.87. The van der Waals surface area contributed by atoms with Crippen molar-refractivity contribution < 1.29 is 0 Å². The smallest absolute Gasteiger partial charge is 0.185 e. The van der Waals surface area contributed by atoms with Gasteiger partial charge in [0, 0.05) is 26.2 Å². The van der Waals surface area contributed by atoms with E-state index < -0.39 is 0 Å². The summed E-state index contributed by atoms with van der Waals surface area (Å²) < 4.78 is 0. The van der Waals surface area contributed by atoms with Crippen molar-refractivity contribution in [3.63, 3.8) is 0 Å². The Hall–Kier alpha value is -1.54. The van der Waals surface area contributed by atoms with E-state index in [-0.39, 0.29) is 11.9 Å². The summed E-state index contributed by atoms with van der Waals surface area (Å²) in [5, 5.41) is 0. The summed E-state index contributed by atoms with van der Waals surface area (Å²) in [6, 6.07) is 0. The predicted octanol–water partition coefficient (Wildman–Crippen LogP) is -3.21. The number of nitrogens with two attached hydrogens (primary N) is 5. The van der Waals surface area contributed by atoms with Crippen molar-refractivity contribution in [2.75, 3.05) is 39.3 Å². The van der Waals surface area contributed by atoms with Crippen LogP contribution in [-0.2, 0) is 0 Å². The van der Waals surface area contributed by atoms with E-state index in [1.807, 2.05) is 0 Å². The van der Waals surface area contributed by atoms with Crippen molar-refractivity contribution in [1.29, 1.82) is 0 Å². The molecule has 16 heavy (non-hydrogen) atoms. The van der Waals surface area contributed by atoms with Gasteiger partial charge in [-0.3, -0.25) is 14.9 Å². The molecule has 0 aliphatic carbocycles. The minimum Gasteiger partial charge on any atom is -0.370 e. The fourth-order valence-electron chi connectivity index (χ4n) is 1.16. The van der Waals surface area contributed by atoms with Crippen LogP contribution in [0.15, 0.2) is 9.98 Å². The highest BCUT2D eigenvalue weighted by atomic mass is 15.2. The molecule has 8 heteroatoms. The van der Waals surface area contributed by atoms with E-state index >= 15 is 0 Å². The third-order valence-corrected chi connectivity index (χ3v) is 1.87. The van der Waals surface area contributed by atoms with Crippen LogP contribution in [-0.4, -0.2) is 56.1 Å². The van der Waals surface area contributed by atoms with Crippen LogP contribution in [0.1, 0.15) is 0 Å². The van der Waals surface area contributed by atoms with E-state index in [9.17, 15) is 0 Å². The molecule has 0 aromatic rings. The van der Waals surface area contributed by atoms with Crippen molar-refractivity contribution in [2.24, 2.45) is 38.7 Å². The molecule has 94 valence electrons. The van der Waals surface area contributed by atoms with Crippen LogP contribution in [0.3, 0.4) is 0 Å². The average Bonchev–Trinajstić information content (AvgIpc) is 2.16. The van der Waals surface area contributed by atoms with Crippen LogP contribution in [0.4, 0.5) is 0 Å². The second kappa shape index (κ2) is 8.74. The molecule has 0 aromatic carbocycles. The molecule has 0 radical (unpaired) electrons. The second-order valence-electron chi connectivity index (χ2n) is 3.24. The maximum absolute atomic E-state index is 5.48. The van der Waals surface area contributed by atoms with Gasteiger partial charge in [0.15, 0.2) is 11.9 Å². The number of aliphatic imine (C=N–C) groups is 2. The molecule has 0 atom stereocenters. The van der Waals surface area contributed by atoms with E-state index in [1.165, 1.54) is 0 Å². The Kier molecular flexibility index (Phi) is 7.90. The Morgan fingerprint density at radius 3 is 1.56 bits per heavy atom. The van der Waals surface area contributed by atoms with E-state index in [0.29, 0.717) is 19.6 Å². The number of hydrogen-bond acceptors (Lipinski definition) is 4. The quantitative estimate of drug-likeness (QED) is 0.218. The van der Waals surface area contributed by atoms with Gasteiger partial charge in [0.25, 0.3) is 0 Å². The van der Waals surface area contributed by atoms with Gasteiger partial charge in [-0.1, -0.05) is 0 Å². The van der Waals surface area contributed by atoms with Gasteiger partial charge in [0.2, 0.25) is 0 Å². The number of rotatable bonds is 8. The first kappa shape index (κ1) is 14.5. The lowest BCUT2D eigenvalue weighted by Crippen LogP contribution is -2.35. The van der Waals surface area contributed by atoms with Gasteiger partial charge in [-0.25, -0.2) is 0 Å². The average molecular weight is 230 g/mol. The first-order valence-corrected chi connectivity index (χ1v) is 5.09. The van der Waals surface area contributed by atoms with Gasteiger partial charge in [-0.05, 0) is 0 Å². The molecule has 0 spiro atoms. The first-order valence-electron chi connectivity index (χ1n) is 5.09. The zero-order valence-corrected chi connectivity index (χ0v) is 9.47. The molecular formula is C8H22N8. The predicted molar refractivity (Wildman–Crippen MR) is 66.8 cm³/mol. The highest BCUT2D eigenvalue weighted by Gasteiger charge is 2.02. The van der Waals surface area contributed by atoms with Gasteiger partial charge in [-0.2, -0.15) is 0 Å². The molecule has 0 saturated heterocycles. The maximum Gasteiger partial charge on any atom is 0.185 e. The summed E-state index contributed by atoms with van der Waals surface area (Å²) in [7, 11) is 0. The SMILES string of the molecule is NCCN(CCN=C(N)N)CCN=C(N)N. The molecule has 0 fully saturated rings. The van der Waals surface area contributed by atoms with Crippen molar-refractivity contribution in [2.45, 2.75) is 0 Å². The molecule has 0 amide bonds. The van der Waals surface area contributed by atoms with Gasteiger partial charge in [0.05, 0.1) is 13.1 Å². The minimum atomic E-state index is 0.0944. The summed E-state index contributed by atoms with van der Waals surface area (Å²) in [4.78, 5) is 9.88. The maximum atomic E-state index is 5.48. The highest BCUT2D eigenvalue weighted by Crippen LogP contribution is 1.88. The van der Waals surface area contributed by atoms with Gasteiger partial charge < -0.3 is 28.7 Å². The number of guanidine groups is 2. The van der Waals surface area contributed by atoms with Crippen LogP contribution in [0.5, 0.6) is 0 Å². The Bertz CT molecular complexity index is 206. The fraction of sp³-hybridized carbons (Fsp3) is 0.750. The Balaban J connectivity index is 3.87. The molecule has 10 N–H and O–H groups in total. The van der Waals surface area contributed by atoms with Gasteiger partial charge in [0.1, 0.15) is 0 Å². The zero-order chi connectivity index (χ0) is 12.4. The third kappa shape index (κ3) is 9.03. The van der Waals surface area contributed by atoms with Gasteiger partial charge in [-0.15, -0.1) is 0 Å². The van der Waals surface area contributed by atoms with E-state index in [4.69, 9.17) is 28.7 Å². The molecule has 8 nitrogen and oxygen atoms in total. The molecule has 0 saturated carbocycles. The molecule has 0 aromatic heterocycles. The Morgan fingerprint density at radius 2 is 1.25 bits per heavy atom. The highest BCUT2D eigenvalue weighted by molar-refractivity contribution is 5.75. The minimum absolute atomic E-state index is 0.0944. The lowest BCUT2D eigenvalue weighted by atomic mass is 10.4. The largest absolute Gasteiger partial charge is 0.370 e. The lowest BCUT2D eigenvalue weighted by molar-refractivity contribution is 0.297. The standard InChI is InChI=1S/C8H22N8/c9-1-4-16(5-2-14-7(10)11)6-3-15-8(12)13/h1-6,9H2,(H4,10,11,14)(H4,12,13,15). The van der Waals surface area contributed by atoms with Crippen LogP contribution < -0.4 is 28.7 Å². The summed E-state index contributed by atoms with van der Waals surface area (Å²) >= 11 is 0. The van der Waals surface area contributed by atoms with E-state index in [1.54, 1.807) is 0 Å². The molecular weight excluding hydrogens is 208 g/mol. The van der Waals surface area contributed by atoms with Crippen LogP contribution >= 0.6 is 0 Å². The topological polar surface area (TPSA) is 158 Å². The van der Waals surface area contributed by atoms with E-state index in [0.717, 1.165) is 19.6 Å². The summed E-state index contributed by atoms with van der Waals surface area (Å²) in [5.41, 5.74) is 26.4. The summed E-state index contributed by atoms with van der Waals surface area (Å²) in [5.74, 6) is 0.189. The first-order chi connectivity index (χ1) is 7.56. The van der Waals surface area contributed by atoms with Crippen LogP contribution in [0, 0.1) is 0 Å². The number of nitrogens with zero attached hydrogens (tertiary/aromatic N) is 3. The Labute approximate surface area is 95.5 Å². The molecule has 0 bridgehead atoms. The molecule has 0 heterocycles. The van der Waals surface area contributed by atoms with Crippen molar-refractivity contribution in [3.8, 4) is 0 Å². The monoisotopic (exact) mass is 230 g/mol. The van der Waals surface area contributed by atoms with Crippen molar-refractivity contribution in [3.05, 3.63) is 0 Å². The van der Waals surface area contributed by atoms with E-state index in [2.05, 4.69) is 14.9 Å². The second-order valence-corrected chi connectivity index (χ2v) is 3.24. The van der Waals surface area contributed by atoms with Crippen LogP contribution in [0.2, 0.25) is 0 Å². The van der Waals surface area contributed by atoms with Crippen molar-refractivity contribution >= 4 is 11.9 Å². The van der Waals surface area contributed by atoms with Crippen molar-refractivity contribution in [1.82, 2.24) is 4.90 Å². The lowest BCUT2D eigenvalue weighted by Gasteiger charge is -2.19. The molecule has 0 aliphatic heterocycles. The van der Waals surface area contributed by atoms with Crippen LogP contribution in [0.25, 0.3) is 0 Å². The Morgan fingerprint density at radius 1 is 0.812 bits per heavy atom. The molecule has 0 unspecified atom stereocenters. The molecule has 0 rings (SSSR count). The molecule has 0 aliphatic rings. The number of hydrogen-bond donors (Lipinski definition) is 5. The normalized spacial score (nSPS) is 10.1. The zero-order valence-electron chi connectivity index (χ0n) is 9.47. The van der Waals surface area contributed by atoms with Gasteiger partial charge >= 0.3 is 0 Å². The summed E-state index contributed by atoms with van der Waals surface area (Å²) in [6.45, 7) is 3.89. The fourth-order valence-corrected chi connectivity index (χ4v) is 1.16. The summed E-state index contributed by atoms with van der Waals surface area (Å²) in [6.07, 6.45) is 0.